The predicted molar refractivity (Wildman–Crippen MR) is 72.5 cm³/mol. The number of nitrogens with zero attached hydrogens (tertiary/aromatic N) is 1. The molecule has 0 heterocycles. The molecule has 0 aliphatic heterocycles. The van der Waals surface area contributed by atoms with Gasteiger partial charge in [0.1, 0.15) is 5.84 Å². The maximum atomic E-state index is 5.81. The Morgan fingerprint density at radius 1 is 1.31 bits per heavy atom. The molecule has 0 aliphatic rings. The largest absolute Gasteiger partial charge is 0.341 e. The first-order valence-corrected chi connectivity index (χ1v) is 5.53. The Bertz CT molecular complexity index is 385. The number of rotatable bonds is 2. The summed E-state index contributed by atoms with van der Waals surface area (Å²) in [6.45, 7) is 9.86. The fraction of sp³-hybridized carbons (Fsp3) is 0.308. The summed E-state index contributed by atoms with van der Waals surface area (Å²) >= 11 is 5.81. The molecule has 0 saturated carbocycles. The van der Waals surface area contributed by atoms with Crippen LogP contribution in [0.5, 0.6) is 0 Å². The van der Waals surface area contributed by atoms with E-state index >= 15 is 0 Å². The van der Waals surface area contributed by atoms with Gasteiger partial charge < -0.3 is 5.32 Å². The lowest BCUT2D eigenvalue weighted by Crippen LogP contribution is -2.18. The van der Waals surface area contributed by atoms with Crippen LogP contribution in [0, 0.1) is 0 Å². The van der Waals surface area contributed by atoms with Crippen molar-refractivity contribution in [1.82, 2.24) is 0 Å². The van der Waals surface area contributed by atoms with Gasteiger partial charge in [0.15, 0.2) is 0 Å². The first-order valence-electron chi connectivity index (χ1n) is 5.15. The number of amidine groups is 1. The minimum Gasteiger partial charge on any atom is -0.341 e. The molecule has 0 aliphatic carbocycles. The number of benzene rings is 1. The summed E-state index contributed by atoms with van der Waals surface area (Å²) in [6.07, 6.45) is 1.71. The van der Waals surface area contributed by atoms with Gasteiger partial charge in [0.25, 0.3) is 0 Å². The molecule has 0 amide bonds. The van der Waals surface area contributed by atoms with Crippen molar-refractivity contribution in [1.29, 1.82) is 0 Å². The Morgan fingerprint density at radius 2 is 1.88 bits per heavy atom. The van der Waals surface area contributed by atoms with Crippen LogP contribution in [0.4, 0.5) is 5.69 Å². The van der Waals surface area contributed by atoms with E-state index in [1.165, 1.54) is 0 Å². The van der Waals surface area contributed by atoms with Crippen molar-refractivity contribution in [3.8, 4) is 0 Å². The van der Waals surface area contributed by atoms with E-state index in [0.29, 0.717) is 0 Å². The summed E-state index contributed by atoms with van der Waals surface area (Å²) in [7, 11) is 0. The van der Waals surface area contributed by atoms with Crippen LogP contribution >= 0.6 is 11.6 Å². The van der Waals surface area contributed by atoms with E-state index < -0.39 is 0 Å². The van der Waals surface area contributed by atoms with Crippen molar-refractivity contribution >= 4 is 23.1 Å². The number of nitrogens with one attached hydrogen (secondary N) is 1. The monoisotopic (exact) mass is 236 g/mol. The molecule has 0 fully saturated rings. The second-order valence-electron chi connectivity index (χ2n) is 4.50. The summed E-state index contributed by atoms with van der Waals surface area (Å²) < 4.78 is 0. The van der Waals surface area contributed by atoms with Crippen LogP contribution in [-0.4, -0.2) is 11.4 Å². The molecule has 1 aromatic rings. The normalized spacial score (nSPS) is 12.4. The maximum Gasteiger partial charge on any atom is 0.125 e. The average molecular weight is 237 g/mol. The minimum absolute atomic E-state index is 0.122. The number of aliphatic imine (C=N–C) groups is 1. The Labute approximate surface area is 102 Å². The fourth-order valence-corrected chi connectivity index (χ4v) is 1.29. The summed E-state index contributed by atoms with van der Waals surface area (Å²) in [5, 5.41) is 3.91. The van der Waals surface area contributed by atoms with Crippen molar-refractivity contribution in [3.63, 3.8) is 0 Å². The van der Waals surface area contributed by atoms with Crippen molar-refractivity contribution in [2.75, 3.05) is 5.32 Å². The van der Waals surface area contributed by atoms with Gasteiger partial charge >= 0.3 is 0 Å². The Kier molecular flexibility index (Phi) is 4.13. The smallest absolute Gasteiger partial charge is 0.125 e. The minimum atomic E-state index is -0.122. The van der Waals surface area contributed by atoms with Gasteiger partial charge in [0, 0.05) is 10.7 Å². The topological polar surface area (TPSA) is 24.4 Å². The van der Waals surface area contributed by atoms with Crippen molar-refractivity contribution in [2.45, 2.75) is 26.3 Å². The molecule has 0 spiro atoms. The van der Waals surface area contributed by atoms with Crippen LogP contribution < -0.4 is 5.32 Å². The number of anilines is 1. The molecule has 0 aromatic heterocycles. The first kappa shape index (κ1) is 12.8. The molecule has 0 saturated heterocycles. The highest BCUT2D eigenvalue weighted by Gasteiger charge is 2.08. The Morgan fingerprint density at radius 3 is 2.31 bits per heavy atom. The van der Waals surface area contributed by atoms with Gasteiger partial charge in [-0.05, 0) is 51.1 Å². The van der Waals surface area contributed by atoms with E-state index in [2.05, 4.69) is 16.9 Å². The molecular weight excluding hydrogens is 220 g/mol. The highest BCUT2D eigenvalue weighted by atomic mass is 35.5. The molecule has 0 atom stereocenters. The van der Waals surface area contributed by atoms with E-state index in [9.17, 15) is 0 Å². The SMILES string of the molecule is C=CC(=NC(C)(C)C)Nc1ccc(Cl)cc1. The van der Waals surface area contributed by atoms with Crippen molar-refractivity contribution in [3.05, 3.63) is 41.9 Å². The van der Waals surface area contributed by atoms with Crippen LogP contribution in [0.2, 0.25) is 5.02 Å². The van der Waals surface area contributed by atoms with E-state index in [0.717, 1.165) is 16.5 Å². The van der Waals surface area contributed by atoms with Crippen LogP contribution in [0.3, 0.4) is 0 Å². The first-order chi connectivity index (χ1) is 7.40. The van der Waals surface area contributed by atoms with Gasteiger partial charge in [-0.2, -0.15) is 0 Å². The average Bonchev–Trinajstić information content (AvgIpc) is 2.18. The van der Waals surface area contributed by atoms with Crippen LogP contribution in [0.15, 0.2) is 41.9 Å². The van der Waals surface area contributed by atoms with E-state index in [1.807, 2.05) is 45.0 Å². The van der Waals surface area contributed by atoms with Gasteiger partial charge in [0.2, 0.25) is 0 Å². The second kappa shape index (κ2) is 5.17. The van der Waals surface area contributed by atoms with Gasteiger partial charge in [0.05, 0.1) is 5.54 Å². The molecule has 0 bridgehead atoms. The third kappa shape index (κ3) is 4.49. The molecular formula is C13H17ClN2. The summed E-state index contributed by atoms with van der Waals surface area (Å²) in [5.41, 5.74) is 0.829. The second-order valence-corrected chi connectivity index (χ2v) is 4.94. The standard InChI is InChI=1S/C13H17ClN2/c1-5-12(16-13(2,3)4)15-11-8-6-10(14)7-9-11/h5-9H,1H2,2-4H3,(H,15,16). The Hall–Kier alpha value is -1.28. The maximum absolute atomic E-state index is 5.81. The third-order valence-electron chi connectivity index (χ3n) is 1.77. The molecule has 3 heteroatoms. The van der Waals surface area contributed by atoms with Crippen molar-refractivity contribution in [2.24, 2.45) is 4.99 Å². The lowest BCUT2D eigenvalue weighted by Gasteiger charge is -2.15. The van der Waals surface area contributed by atoms with Crippen LogP contribution in [-0.2, 0) is 0 Å². The van der Waals surface area contributed by atoms with Gasteiger partial charge in [-0.3, -0.25) is 4.99 Å². The van der Waals surface area contributed by atoms with Crippen molar-refractivity contribution < 1.29 is 0 Å². The lowest BCUT2D eigenvalue weighted by molar-refractivity contribution is 0.584. The molecule has 1 N–H and O–H groups in total. The highest BCUT2D eigenvalue weighted by Crippen LogP contribution is 2.14. The molecule has 1 aromatic carbocycles. The van der Waals surface area contributed by atoms with Gasteiger partial charge in [-0.15, -0.1) is 0 Å². The number of halogens is 1. The zero-order valence-electron chi connectivity index (χ0n) is 9.92. The van der Waals surface area contributed by atoms with E-state index in [1.54, 1.807) is 6.08 Å². The third-order valence-corrected chi connectivity index (χ3v) is 2.02. The molecule has 0 radical (unpaired) electrons. The summed E-state index contributed by atoms with van der Waals surface area (Å²) in [5.74, 6) is 0.759. The molecule has 0 unspecified atom stereocenters. The zero-order chi connectivity index (χ0) is 12.2. The summed E-state index contributed by atoms with van der Waals surface area (Å²) in [4.78, 5) is 4.50. The van der Waals surface area contributed by atoms with Crippen LogP contribution in [0.25, 0.3) is 0 Å². The highest BCUT2D eigenvalue weighted by molar-refractivity contribution is 6.30. The summed E-state index contributed by atoms with van der Waals surface area (Å²) in [6, 6.07) is 7.48. The predicted octanol–water partition coefficient (Wildman–Crippen LogP) is 4.13. The molecule has 2 nitrogen and oxygen atoms in total. The van der Waals surface area contributed by atoms with E-state index in [-0.39, 0.29) is 5.54 Å². The van der Waals surface area contributed by atoms with Gasteiger partial charge in [-0.1, -0.05) is 18.2 Å². The molecule has 86 valence electrons. The Balaban J connectivity index is 2.82. The van der Waals surface area contributed by atoms with E-state index in [4.69, 9.17) is 11.6 Å². The molecule has 1 rings (SSSR count). The fourth-order valence-electron chi connectivity index (χ4n) is 1.17. The number of hydrogen-bond donors (Lipinski definition) is 1. The zero-order valence-corrected chi connectivity index (χ0v) is 10.7. The molecule has 16 heavy (non-hydrogen) atoms. The quantitative estimate of drug-likeness (QED) is 0.606. The number of hydrogen-bond acceptors (Lipinski definition) is 1. The van der Waals surface area contributed by atoms with Crippen LogP contribution in [0.1, 0.15) is 20.8 Å². The van der Waals surface area contributed by atoms with Gasteiger partial charge in [-0.25, -0.2) is 0 Å². The lowest BCUT2D eigenvalue weighted by atomic mass is 10.1.